The van der Waals surface area contributed by atoms with Crippen LogP contribution < -0.4 is 10.2 Å². The molecule has 2 amide bonds. The molecule has 1 atom stereocenters. The number of halogens is 1. The molecular weight excluding hydrogens is 327 g/mol. The van der Waals surface area contributed by atoms with Crippen LogP contribution in [0.3, 0.4) is 0 Å². The molecule has 0 aromatic heterocycles. The number of anilines is 2. The number of benzene rings is 2. The van der Waals surface area contributed by atoms with Crippen LogP contribution in [0, 0.1) is 5.82 Å². The molecule has 24 heavy (non-hydrogen) atoms. The molecular formula is C18H17FN2O2S. The van der Waals surface area contributed by atoms with Gasteiger partial charge in [0.05, 0.1) is 17.1 Å². The summed E-state index contributed by atoms with van der Waals surface area (Å²) in [7, 11) is 0. The van der Waals surface area contributed by atoms with Gasteiger partial charge < -0.3 is 10.2 Å². The number of nitrogens with zero attached hydrogens (tertiary/aromatic N) is 1. The predicted molar refractivity (Wildman–Crippen MR) is 93.8 cm³/mol. The van der Waals surface area contributed by atoms with E-state index in [9.17, 15) is 14.0 Å². The molecule has 6 heteroatoms. The van der Waals surface area contributed by atoms with E-state index in [4.69, 9.17) is 0 Å². The molecule has 1 aliphatic heterocycles. The number of carbonyl (C=O) groups is 2. The van der Waals surface area contributed by atoms with E-state index in [2.05, 4.69) is 5.32 Å². The Hall–Kier alpha value is -2.34. The zero-order valence-electron chi connectivity index (χ0n) is 13.2. The van der Waals surface area contributed by atoms with Crippen LogP contribution in [0.4, 0.5) is 15.8 Å². The van der Waals surface area contributed by atoms with Gasteiger partial charge >= 0.3 is 0 Å². The average molecular weight is 344 g/mol. The van der Waals surface area contributed by atoms with Gasteiger partial charge in [-0.15, -0.1) is 11.8 Å². The lowest BCUT2D eigenvalue weighted by Crippen LogP contribution is -2.40. The summed E-state index contributed by atoms with van der Waals surface area (Å²) in [5, 5.41) is 2.82. The highest BCUT2D eigenvalue weighted by Crippen LogP contribution is 2.32. The zero-order valence-corrected chi connectivity index (χ0v) is 14.0. The highest BCUT2D eigenvalue weighted by molar-refractivity contribution is 8.00. The van der Waals surface area contributed by atoms with E-state index in [1.54, 1.807) is 29.2 Å². The van der Waals surface area contributed by atoms with Crippen LogP contribution in [0.1, 0.15) is 13.3 Å². The highest BCUT2D eigenvalue weighted by atomic mass is 32.2. The molecule has 124 valence electrons. The quantitative estimate of drug-likeness (QED) is 0.864. The molecule has 0 spiro atoms. The molecule has 0 aliphatic carbocycles. The van der Waals surface area contributed by atoms with E-state index in [0.29, 0.717) is 16.3 Å². The van der Waals surface area contributed by atoms with Crippen molar-refractivity contribution in [2.24, 2.45) is 0 Å². The van der Waals surface area contributed by atoms with Crippen molar-refractivity contribution in [3.8, 4) is 0 Å². The van der Waals surface area contributed by atoms with Gasteiger partial charge in [-0.05, 0) is 31.2 Å². The average Bonchev–Trinajstić information content (AvgIpc) is 2.68. The van der Waals surface area contributed by atoms with E-state index in [1.165, 1.54) is 6.07 Å². The number of para-hydroxylation sites is 2. The zero-order chi connectivity index (χ0) is 17.1. The molecule has 3 rings (SSSR count). The van der Waals surface area contributed by atoms with Gasteiger partial charge in [0.15, 0.2) is 0 Å². The Kier molecular flexibility index (Phi) is 4.85. The van der Waals surface area contributed by atoms with Crippen molar-refractivity contribution in [1.29, 1.82) is 0 Å². The van der Waals surface area contributed by atoms with E-state index >= 15 is 0 Å². The van der Waals surface area contributed by atoms with Crippen LogP contribution in [-0.4, -0.2) is 23.6 Å². The highest BCUT2D eigenvalue weighted by Gasteiger charge is 2.29. The minimum Gasteiger partial charge on any atom is -0.324 e. The smallest absolute Gasteiger partial charge is 0.237 e. The maximum atomic E-state index is 13.7. The molecule has 0 bridgehead atoms. The van der Waals surface area contributed by atoms with Gasteiger partial charge in [-0.2, -0.15) is 0 Å². The van der Waals surface area contributed by atoms with Crippen LogP contribution in [0.15, 0.2) is 53.4 Å². The second-order valence-electron chi connectivity index (χ2n) is 5.60. The lowest BCUT2D eigenvalue weighted by molar-refractivity contribution is -0.117. The van der Waals surface area contributed by atoms with Gasteiger partial charge in [-0.1, -0.05) is 24.3 Å². The van der Waals surface area contributed by atoms with Crippen molar-refractivity contribution >= 4 is 35.0 Å². The summed E-state index contributed by atoms with van der Waals surface area (Å²) in [6.45, 7) is 1.84. The number of thioether (sulfide) groups is 1. The number of rotatable bonds is 3. The third kappa shape index (κ3) is 3.43. The SMILES string of the molecule is C[C@H]1CC(=O)Nc2ccccc2N1C(=O)CSc1ccccc1F. The van der Waals surface area contributed by atoms with E-state index in [-0.39, 0.29) is 35.8 Å². The van der Waals surface area contributed by atoms with E-state index < -0.39 is 0 Å². The van der Waals surface area contributed by atoms with Crippen molar-refractivity contribution in [3.05, 3.63) is 54.3 Å². The van der Waals surface area contributed by atoms with Crippen molar-refractivity contribution in [2.45, 2.75) is 24.3 Å². The van der Waals surface area contributed by atoms with Crippen LogP contribution in [0.25, 0.3) is 0 Å². The first kappa shape index (κ1) is 16.5. The molecule has 1 N–H and O–H groups in total. The fraction of sp³-hybridized carbons (Fsp3) is 0.222. The summed E-state index contributed by atoms with van der Waals surface area (Å²) in [4.78, 5) is 26.8. The molecule has 2 aromatic rings. The lowest BCUT2D eigenvalue weighted by Gasteiger charge is -2.27. The molecule has 0 saturated heterocycles. The summed E-state index contributed by atoms with van der Waals surface area (Å²) >= 11 is 1.16. The monoisotopic (exact) mass is 344 g/mol. The summed E-state index contributed by atoms with van der Waals surface area (Å²) in [6.07, 6.45) is 0.227. The van der Waals surface area contributed by atoms with Gasteiger partial charge in [0.1, 0.15) is 5.82 Å². The molecule has 1 aliphatic rings. The standard InChI is InChI=1S/C18H17FN2O2S/c1-12-10-17(22)20-14-7-3-4-8-15(14)21(12)18(23)11-24-16-9-5-2-6-13(16)19/h2-9,12H,10-11H2,1H3,(H,20,22)/t12-/m0/s1. The van der Waals surface area contributed by atoms with Gasteiger partial charge in [-0.3, -0.25) is 9.59 Å². The summed E-state index contributed by atoms with van der Waals surface area (Å²) < 4.78 is 13.7. The van der Waals surface area contributed by atoms with Crippen molar-refractivity contribution in [3.63, 3.8) is 0 Å². The number of fused-ring (bicyclic) bond motifs is 1. The van der Waals surface area contributed by atoms with Gasteiger partial charge in [0.2, 0.25) is 11.8 Å². The first-order valence-corrected chi connectivity index (χ1v) is 8.63. The molecule has 1 heterocycles. The third-order valence-electron chi connectivity index (χ3n) is 3.82. The first-order chi connectivity index (χ1) is 11.6. The Labute approximate surface area is 144 Å². The Morgan fingerprint density at radius 1 is 1.25 bits per heavy atom. The molecule has 0 saturated carbocycles. The number of nitrogens with one attached hydrogen (secondary N) is 1. The fourth-order valence-corrected chi connectivity index (χ4v) is 3.54. The minimum absolute atomic E-state index is 0.105. The van der Waals surface area contributed by atoms with Crippen LogP contribution in [-0.2, 0) is 9.59 Å². The first-order valence-electron chi connectivity index (χ1n) is 7.64. The second kappa shape index (κ2) is 7.05. The predicted octanol–water partition coefficient (Wildman–Crippen LogP) is 3.68. The topological polar surface area (TPSA) is 49.4 Å². The molecule has 2 aromatic carbocycles. The third-order valence-corrected chi connectivity index (χ3v) is 4.85. The van der Waals surface area contributed by atoms with Crippen LogP contribution in [0.5, 0.6) is 0 Å². The normalized spacial score (nSPS) is 17.0. The fourth-order valence-electron chi connectivity index (χ4n) is 2.74. The summed E-state index contributed by atoms with van der Waals surface area (Å²) in [6, 6.07) is 13.3. The van der Waals surface area contributed by atoms with Crippen molar-refractivity contribution in [1.82, 2.24) is 0 Å². The second-order valence-corrected chi connectivity index (χ2v) is 6.62. The molecule has 0 fully saturated rings. The van der Waals surface area contributed by atoms with Gasteiger partial charge in [0.25, 0.3) is 0 Å². The van der Waals surface area contributed by atoms with Crippen LogP contribution in [0.2, 0.25) is 0 Å². The van der Waals surface area contributed by atoms with E-state index in [1.807, 2.05) is 25.1 Å². The minimum atomic E-state index is -0.337. The number of hydrogen-bond donors (Lipinski definition) is 1. The largest absolute Gasteiger partial charge is 0.324 e. The maximum absolute atomic E-state index is 13.7. The molecule has 4 nitrogen and oxygen atoms in total. The summed E-state index contributed by atoms with van der Waals surface area (Å²) in [5.41, 5.74) is 1.30. The Morgan fingerprint density at radius 3 is 2.75 bits per heavy atom. The van der Waals surface area contributed by atoms with Crippen LogP contribution >= 0.6 is 11.8 Å². The Bertz CT molecular complexity index is 781. The number of carbonyl (C=O) groups excluding carboxylic acids is 2. The van der Waals surface area contributed by atoms with Gasteiger partial charge in [0, 0.05) is 17.4 Å². The molecule has 0 unspecified atom stereocenters. The van der Waals surface area contributed by atoms with E-state index in [0.717, 1.165) is 11.8 Å². The lowest BCUT2D eigenvalue weighted by atomic mass is 10.2. The number of amides is 2. The Morgan fingerprint density at radius 2 is 1.96 bits per heavy atom. The Balaban J connectivity index is 1.83. The summed E-state index contributed by atoms with van der Waals surface area (Å²) in [5.74, 6) is -0.503. The van der Waals surface area contributed by atoms with Crippen molar-refractivity contribution < 1.29 is 14.0 Å². The maximum Gasteiger partial charge on any atom is 0.237 e. The number of hydrogen-bond acceptors (Lipinski definition) is 3. The van der Waals surface area contributed by atoms with Gasteiger partial charge in [-0.25, -0.2) is 4.39 Å². The van der Waals surface area contributed by atoms with Crippen molar-refractivity contribution in [2.75, 3.05) is 16.0 Å². The molecule has 0 radical (unpaired) electrons.